The van der Waals surface area contributed by atoms with Crippen molar-refractivity contribution in [3.8, 4) is 0 Å². The third kappa shape index (κ3) is 1.37. The molecule has 2 fully saturated rings. The summed E-state index contributed by atoms with van der Waals surface area (Å²) in [4.78, 5) is 3.21. The van der Waals surface area contributed by atoms with Crippen molar-refractivity contribution in [1.82, 2.24) is 10.2 Å². The van der Waals surface area contributed by atoms with Crippen LogP contribution in [0, 0.1) is 0 Å². The van der Waals surface area contributed by atoms with Crippen LogP contribution in [0.15, 0.2) is 5.51 Å². The van der Waals surface area contributed by atoms with Crippen LogP contribution in [0.4, 0.5) is 5.13 Å². The summed E-state index contributed by atoms with van der Waals surface area (Å²) in [5.41, 5.74) is 1.83. The van der Waals surface area contributed by atoms with Crippen molar-refractivity contribution >= 4 is 32.4 Å². The molecule has 0 amide bonds. The fraction of sp³-hybridized carbons (Fsp3) is 0.778. The summed E-state index contributed by atoms with van der Waals surface area (Å²) in [7, 11) is 0. The Morgan fingerprint density at radius 1 is 1.36 bits per heavy atom. The molecule has 14 heavy (non-hydrogen) atoms. The molecule has 2 aliphatic heterocycles. The number of aromatic nitrogens is 2. The first-order chi connectivity index (χ1) is 6.84. The molecule has 0 aromatic carbocycles. The minimum Gasteiger partial charge on any atom is -0.341 e. The van der Waals surface area contributed by atoms with Crippen LogP contribution in [0.3, 0.4) is 0 Å². The third-order valence-electron chi connectivity index (χ3n) is 3.24. The Labute approximate surface area is 95.6 Å². The van der Waals surface area contributed by atoms with E-state index in [-0.39, 0.29) is 0 Å². The predicted octanol–water partition coefficient (Wildman–Crippen LogP) is 2.43. The molecule has 0 saturated carbocycles. The molecule has 2 atom stereocenters. The van der Waals surface area contributed by atoms with Crippen molar-refractivity contribution in [2.45, 2.75) is 42.6 Å². The maximum absolute atomic E-state index is 4.18. The number of hydrogen-bond donors (Lipinski definition) is 0. The zero-order chi connectivity index (χ0) is 9.54. The highest BCUT2D eigenvalue weighted by Gasteiger charge is 2.41. The van der Waals surface area contributed by atoms with Crippen molar-refractivity contribution in [1.29, 1.82) is 0 Å². The summed E-state index contributed by atoms with van der Waals surface area (Å²) < 4.78 is 0. The summed E-state index contributed by atoms with van der Waals surface area (Å²) >= 11 is 5.41. The summed E-state index contributed by atoms with van der Waals surface area (Å²) in [5.74, 6) is 0. The van der Waals surface area contributed by atoms with Crippen LogP contribution < -0.4 is 4.90 Å². The van der Waals surface area contributed by atoms with Gasteiger partial charge in [-0.1, -0.05) is 27.3 Å². The van der Waals surface area contributed by atoms with E-state index in [9.17, 15) is 0 Å². The average Bonchev–Trinajstić information content (AvgIpc) is 2.72. The first-order valence-electron chi connectivity index (χ1n) is 5.03. The summed E-state index contributed by atoms with van der Waals surface area (Å²) in [6.45, 7) is 0. The largest absolute Gasteiger partial charge is 0.341 e. The highest BCUT2D eigenvalue weighted by Crippen LogP contribution is 2.41. The van der Waals surface area contributed by atoms with Crippen LogP contribution in [0.2, 0.25) is 0 Å². The molecular weight excluding hydrogens is 262 g/mol. The molecular formula is C9H12BrN3S. The van der Waals surface area contributed by atoms with Gasteiger partial charge < -0.3 is 4.90 Å². The molecule has 0 spiro atoms. The van der Waals surface area contributed by atoms with E-state index in [1.165, 1.54) is 25.7 Å². The molecule has 5 heteroatoms. The van der Waals surface area contributed by atoms with Crippen molar-refractivity contribution in [2.24, 2.45) is 0 Å². The number of alkyl halides is 1. The lowest BCUT2D eigenvalue weighted by Gasteiger charge is -2.36. The van der Waals surface area contributed by atoms with Crippen molar-refractivity contribution in [2.75, 3.05) is 4.90 Å². The highest BCUT2D eigenvalue weighted by atomic mass is 79.9. The Kier molecular flexibility index (Phi) is 2.24. The fourth-order valence-corrected chi connectivity index (χ4v) is 4.27. The van der Waals surface area contributed by atoms with Gasteiger partial charge in [-0.05, 0) is 25.7 Å². The normalized spacial score (nSPS) is 36.4. The smallest absolute Gasteiger partial charge is 0.208 e. The van der Waals surface area contributed by atoms with Crippen molar-refractivity contribution in [3.05, 3.63) is 5.51 Å². The molecule has 76 valence electrons. The van der Waals surface area contributed by atoms with Crippen molar-refractivity contribution in [3.63, 3.8) is 0 Å². The van der Waals surface area contributed by atoms with Gasteiger partial charge in [-0.3, -0.25) is 0 Å². The lowest BCUT2D eigenvalue weighted by molar-refractivity contribution is 0.481. The van der Waals surface area contributed by atoms with Gasteiger partial charge in [-0.2, -0.15) is 0 Å². The first-order valence-corrected chi connectivity index (χ1v) is 6.82. The number of hydrogen-bond acceptors (Lipinski definition) is 4. The average molecular weight is 274 g/mol. The van der Waals surface area contributed by atoms with Crippen LogP contribution in [0.25, 0.3) is 0 Å². The first kappa shape index (κ1) is 9.09. The van der Waals surface area contributed by atoms with Crippen LogP contribution in [0.5, 0.6) is 0 Å². The Bertz CT molecular complexity index is 302. The molecule has 3 rings (SSSR count). The van der Waals surface area contributed by atoms with E-state index in [2.05, 4.69) is 31.0 Å². The second kappa shape index (κ2) is 3.45. The van der Waals surface area contributed by atoms with Gasteiger partial charge in [0.25, 0.3) is 0 Å². The van der Waals surface area contributed by atoms with Crippen LogP contribution in [0.1, 0.15) is 25.7 Å². The van der Waals surface area contributed by atoms with Gasteiger partial charge in [-0.25, -0.2) is 0 Å². The molecule has 3 heterocycles. The van der Waals surface area contributed by atoms with Gasteiger partial charge in [0.1, 0.15) is 5.51 Å². The highest BCUT2D eigenvalue weighted by molar-refractivity contribution is 9.09. The van der Waals surface area contributed by atoms with E-state index in [0.717, 1.165) is 5.13 Å². The lowest BCUT2D eigenvalue weighted by Crippen LogP contribution is -2.43. The second-order valence-corrected chi connectivity index (χ2v) is 6.19. The summed E-state index contributed by atoms with van der Waals surface area (Å²) in [5, 5.41) is 9.24. The molecule has 2 unspecified atom stereocenters. The van der Waals surface area contributed by atoms with Crippen LogP contribution in [-0.4, -0.2) is 27.1 Å². The summed E-state index contributed by atoms with van der Waals surface area (Å²) in [6.07, 6.45) is 5.17. The second-order valence-electron chi connectivity index (χ2n) is 4.08. The van der Waals surface area contributed by atoms with Crippen LogP contribution in [-0.2, 0) is 0 Å². The topological polar surface area (TPSA) is 29.0 Å². The molecule has 2 aliphatic rings. The molecule has 3 nitrogen and oxygen atoms in total. The minimum atomic E-state index is 0.700. The van der Waals surface area contributed by atoms with E-state index in [1.54, 1.807) is 11.3 Å². The Balaban J connectivity index is 1.88. The molecule has 0 aliphatic carbocycles. The minimum absolute atomic E-state index is 0.700. The van der Waals surface area contributed by atoms with E-state index < -0.39 is 0 Å². The number of piperidine rings is 1. The maximum atomic E-state index is 4.18. The molecule has 2 saturated heterocycles. The molecule has 0 N–H and O–H groups in total. The van der Waals surface area contributed by atoms with Crippen molar-refractivity contribution < 1.29 is 0 Å². The molecule has 1 aromatic rings. The van der Waals surface area contributed by atoms with Gasteiger partial charge in [0.15, 0.2) is 0 Å². The third-order valence-corrected chi connectivity index (χ3v) is 4.70. The van der Waals surface area contributed by atoms with Gasteiger partial charge in [-0.15, -0.1) is 10.2 Å². The van der Waals surface area contributed by atoms with Crippen LogP contribution >= 0.6 is 27.3 Å². The quantitative estimate of drug-likeness (QED) is 0.736. The number of nitrogens with zero attached hydrogens (tertiary/aromatic N) is 3. The van der Waals surface area contributed by atoms with Gasteiger partial charge in [0, 0.05) is 16.9 Å². The van der Waals surface area contributed by atoms with E-state index in [4.69, 9.17) is 0 Å². The zero-order valence-corrected chi connectivity index (χ0v) is 10.2. The Hall–Kier alpha value is -0.160. The SMILES string of the molecule is BrC1CC2CCC(C1)N2c1nncs1. The predicted molar refractivity (Wildman–Crippen MR) is 61.1 cm³/mol. The zero-order valence-electron chi connectivity index (χ0n) is 7.77. The Morgan fingerprint density at radius 2 is 2.07 bits per heavy atom. The van der Waals surface area contributed by atoms with E-state index in [1.807, 2.05) is 5.51 Å². The van der Waals surface area contributed by atoms with Gasteiger partial charge in [0.2, 0.25) is 5.13 Å². The van der Waals surface area contributed by atoms with Gasteiger partial charge >= 0.3 is 0 Å². The summed E-state index contributed by atoms with van der Waals surface area (Å²) in [6, 6.07) is 1.40. The molecule has 2 bridgehead atoms. The lowest BCUT2D eigenvalue weighted by atomic mass is 10.0. The van der Waals surface area contributed by atoms with E-state index >= 15 is 0 Å². The molecule has 1 aromatic heterocycles. The number of halogens is 1. The Morgan fingerprint density at radius 3 is 2.64 bits per heavy atom. The number of rotatable bonds is 1. The van der Waals surface area contributed by atoms with E-state index in [0.29, 0.717) is 16.9 Å². The number of anilines is 1. The molecule has 0 radical (unpaired) electrons. The fourth-order valence-electron chi connectivity index (χ4n) is 2.70. The monoisotopic (exact) mass is 273 g/mol. The maximum Gasteiger partial charge on any atom is 0.208 e. The standard InChI is InChI=1S/C9H12BrN3S/c10-6-3-7-1-2-8(4-6)13(7)9-12-11-5-14-9/h5-8H,1-4H2. The number of fused-ring (bicyclic) bond motifs is 2. The van der Waals surface area contributed by atoms with Gasteiger partial charge in [0.05, 0.1) is 0 Å².